The predicted molar refractivity (Wildman–Crippen MR) is 70.0 cm³/mol. The highest BCUT2D eigenvalue weighted by atomic mass is 16.6. The summed E-state index contributed by atoms with van der Waals surface area (Å²) in [5.74, 6) is 5.46. The molecule has 0 spiro atoms. The Labute approximate surface area is 110 Å². The predicted octanol–water partition coefficient (Wildman–Crippen LogP) is 1.83. The zero-order valence-electron chi connectivity index (χ0n) is 10.5. The summed E-state index contributed by atoms with van der Waals surface area (Å²) in [6, 6.07) is 4.74. The number of hydrazine groups is 1. The molecule has 1 aliphatic rings. The standard InChI is InChI=1S/C12H17N3O4/c13-14-10-5-3-6-11(12(10)15(16)17)19-8-9-4-1-2-7-18-9/h3,5-6,9,14H,1-2,4,7-8,13H2. The van der Waals surface area contributed by atoms with Gasteiger partial charge in [0.1, 0.15) is 12.3 Å². The molecule has 1 saturated heterocycles. The van der Waals surface area contributed by atoms with Crippen LogP contribution < -0.4 is 16.0 Å². The highest BCUT2D eigenvalue weighted by Crippen LogP contribution is 2.34. The summed E-state index contributed by atoms with van der Waals surface area (Å²) in [6.45, 7) is 1.04. The molecule has 0 aliphatic carbocycles. The number of nitro benzene ring substituents is 1. The zero-order valence-corrected chi connectivity index (χ0v) is 10.5. The van der Waals surface area contributed by atoms with Crippen molar-refractivity contribution in [3.8, 4) is 5.75 Å². The van der Waals surface area contributed by atoms with Gasteiger partial charge in [-0.1, -0.05) is 6.07 Å². The second kappa shape index (κ2) is 6.35. The SMILES string of the molecule is NNc1cccc(OCC2CCCCO2)c1[N+](=O)[O-]. The van der Waals surface area contributed by atoms with Crippen molar-refractivity contribution >= 4 is 11.4 Å². The van der Waals surface area contributed by atoms with Gasteiger partial charge in [-0.05, 0) is 31.4 Å². The fourth-order valence-corrected chi connectivity index (χ4v) is 2.07. The highest BCUT2D eigenvalue weighted by Gasteiger charge is 2.22. The molecule has 0 saturated carbocycles. The van der Waals surface area contributed by atoms with Gasteiger partial charge < -0.3 is 14.9 Å². The maximum absolute atomic E-state index is 11.1. The van der Waals surface area contributed by atoms with E-state index in [1.54, 1.807) is 12.1 Å². The number of anilines is 1. The summed E-state index contributed by atoms with van der Waals surface area (Å²) >= 11 is 0. The summed E-state index contributed by atoms with van der Waals surface area (Å²) in [5, 5.41) is 11.1. The Morgan fingerprint density at radius 2 is 2.37 bits per heavy atom. The number of nitrogen functional groups attached to an aromatic ring is 1. The number of hydrogen-bond donors (Lipinski definition) is 2. The number of benzene rings is 1. The molecule has 1 aromatic carbocycles. The minimum atomic E-state index is -0.508. The Kier molecular flexibility index (Phi) is 4.53. The van der Waals surface area contributed by atoms with Crippen molar-refractivity contribution in [2.24, 2.45) is 5.84 Å². The van der Waals surface area contributed by atoms with Crippen molar-refractivity contribution in [1.82, 2.24) is 0 Å². The second-order valence-electron chi connectivity index (χ2n) is 4.35. The molecule has 0 aromatic heterocycles. The number of nitro groups is 1. The largest absolute Gasteiger partial charge is 0.484 e. The number of ether oxygens (including phenoxy) is 2. The molecule has 7 heteroatoms. The molecule has 1 fully saturated rings. The number of nitrogens with one attached hydrogen (secondary N) is 1. The van der Waals surface area contributed by atoms with E-state index in [9.17, 15) is 10.1 Å². The molecule has 104 valence electrons. The van der Waals surface area contributed by atoms with Crippen LogP contribution in [0.2, 0.25) is 0 Å². The average molecular weight is 267 g/mol. The van der Waals surface area contributed by atoms with Gasteiger partial charge in [-0.15, -0.1) is 0 Å². The lowest BCUT2D eigenvalue weighted by molar-refractivity contribution is -0.385. The van der Waals surface area contributed by atoms with Crippen molar-refractivity contribution < 1.29 is 14.4 Å². The quantitative estimate of drug-likeness (QED) is 0.479. The molecule has 0 radical (unpaired) electrons. The van der Waals surface area contributed by atoms with E-state index in [-0.39, 0.29) is 23.2 Å². The van der Waals surface area contributed by atoms with Crippen LogP contribution in [0.25, 0.3) is 0 Å². The van der Waals surface area contributed by atoms with E-state index in [4.69, 9.17) is 15.3 Å². The van der Waals surface area contributed by atoms with Gasteiger partial charge in [0.25, 0.3) is 0 Å². The molecular weight excluding hydrogens is 250 g/mol. The highest BCUT2D eigenvalue weighted by molar-refractivity contribution is 5.67. The Bertz CT molecular complexity index is 447. The first-order valence-corrected chi connectivity index (χ1v) is 6.21. The maximum atomic E-state index is 11.1. The van der Waals surface area contributed by atoms with Crippen molar-refractivity contribution in [2.45, 2.75) is 25.4 Å². The number of hydrogen-bond acceptors (Lipinski definition) is 6. The van der Waals surface area contributed by atoms with Crippen molar-refractivity contribution in [3.63, 3.8) is 0 Å². The van der Waals surface area contributed by atoms with Gasteiger partial charge >= 0.3 is 5.69 Å². The van der Waals surface area contributed by atoms with E-state index >= 15 is 0 Å². The first kappa shape index (κ1) is 13.6. The van der Waals surface area contributed by atoms with Crippen LogP contribution in [0.15, 0.2) is 18.2 Å². The third kappa shape index (κ3) is 3.33. The zero-order chi connectivity index (χ0) is 13.7. The third-order valence-electron chi connectivity index (χ3n) is 3.04. The first-order valence-electron chi connectivity index (χ1n) is 6.21. The van der Waals surface area contributed by atoms with Gasteiger partial charge in [0.05, 0.1) is 11.0 Å². The monoisotopic (exact) mass is 267 g/mol. The van der Waals surface area contributed by atoms with Crippen LogP contribution in [-0.2, 0) is 4.74 Å². The van der Waals surface area contributed by atoms with Gasteiger partial charge in [0, 0.05) is 6.61 Å². The lowest BCUT2D eigenvalue weighted by Gasteiger charge is -2.22. The molecule has 1 aliphatic heterocycles. The summed E-state index contributed by atoms with van der Waals surface area (Å²) in [4.78, 5) is 10.5. The Morgan fingerprint density at radius 1 is 1.53 bits per heavy atom. The van der Waals surface area contributed by atoms with Crippen molar-refractivity contribution in [2.75, 3.05) is 18.6 Å². The van der Waals surface area contributed by atoms with E-state index in [2.05, 4.69) is 5.43 Å². The molecule has 1 atom stereocenters. The normalized spacial score (nSPS) is 18.9. The summed E-state index contributed by atoms with van der Waals surface area (Å²) in [7, 11) is 0. The average Bonchev–Trinajstić information content (AvgIpc) is 2.45. The molecule has 3 N–H and O–H groups in total. The number of nitrogens with two attached hydrogens (primary N) is 1. The van der Waals surface area contributed by atoms with Crippen LogP contribution in [-0.4, -0.2) is 24.2 Å². The molecule has 1 heterocycles. The lowest BCUT2D eigenvalue weighted by Crippen LogP contribution is -2.26. The summed E-state index contributed by atoms with van der Waals surface area (Å²) < 4.78 is 11.0. The fourth-order valence-electron chi connectivity index (χ4n) is 2.07. The van der Waals surface area contributed by atoms with Gasteiger partial charge in [-0.3, -0.25) is 16.0 Å². The summed E-state index contributed by atoms with van der Waals surface area (Å²) in [6.07, 6.45) is 3.08. The Morgan fingerprint density at radius 3 is 3.00 bits per heavy atom. The third-order valence-corrected chi connectivity index (χ3v) is 3.04. The van der Waals surface area contributed by atoms with Crippen LogP contribution in [0.1, 0.15) is 19.3 Å². The molecule has 0 bridgehead atoms. The molecule has 19 heavy (non-hydrogen) atoms. The van der Waals surface area contributed by atoms with Crippen LogP contribution in [0.5, 0.6) is 5.75 Å². The lowest BCUT2D eigenvalue weighted by atomic mass is 10.1. The van der Waals surface area contributed by atoms with Gasteiger partial charge in [-0.25, -0.2) is 0 Å². The van der Waals surface area contributed by atoms with Crippen LogP contribution in [0.4, 0.5) is 11.4 Å². The van der Waals surface area contributed by atoms with Crippen LogP contribution >= 0.6 is 0 Å². The van der Waals surface area contributed by atoms with E-state index in [0.717, 1.165) is 25.9 Å². The van der Waals surface area contributed by atoms with E-state index in [1.807, 2.05) is 0 Å². The molecule has 1 aromatic rings. The Balaban J connectivity index is 2.08. The number of para-hydroxylation sites is 1. The molecule has 7 nitrogen and oxygen atoms in total. The molecule has 2 rings (SSSR count). The minimum absolute atomic E-state index is 0.00264. The number of rotatable bonds is 5. The second-order valence-corrected chi connectivity index (χ2v) is 4.35. The summed E-state index contributed by atoms with van der Waals surface area (Å²) in [5.41, 5.74) is 2.38. The van der Waals surface area contributed by atoms with Gasteiger partial charge in [0.15, 0.2) is 5.75 Å². The van der Waals surface area contributed by atoms with Crippen LogP contribution in [0, 0.1) is 10.1 Å². The maximum Gasteiger partial charge on any atom is 0.335 e. The number of nitrogens with zero attached hydrogens (tertiary/aromatic N) is 1. The van der Waals surface area contributed by atoms with Gasteiger partial charge in [-0.2, -0.15) is 0 Å². The van der Waals surface area contributed by atoms with Crippen molar-refractivity contribution in [3.05, 3.63) is 28.3 Å². The molecule has 1 unspecified atom stereocenters. The van der Waals surface area contributed by atoms with Crippen LogP contribution in [0.3, 0.4) is 0 Å². The van der Waals surface area contributed by atoms with E-state index < -0.39 is 4.92 Å². The fraction of sp³-hybridized carbons (Fsp3) is 0.500. The molecule has 0 amide bonds. The minimum Gasteiger partial charge on any atom is -0.484 e. The van der Waals surface area contributed by atoms with Gasteiger partial charge in [0.2, 0.25) is 0 Å². The topological polar surface area (TPSA) is 99.7 Å². The van der Waals surface area contributed by atoms with Crippen molar-refractivity contribution in [1.29, 1.82) is 0 Å². The van der Waals surface area contributed by atoms with E-state index in [0.29, 0.717) is 6.61 Å². The smallest absolute Gasteiger partial charge is 0.335 e. The first-order chi connectivity index (χ1) is 9.22. The molecular formula is C12H17N3O4. The Hall–Kier alpha value is -1.86. The van der Waals surface area contributed by atoms with E-state index in [1.165, 1.54) is 6.07 Å².